The maximum absolute atomic E-state index is 12.5. The zero-order valence-electron chi connectivity index (χ0n) is 19.3. The van der Waals surface area contributed by atoms with E-state index >= 15 is 0 Å². The van der Waals surface area contributed by atoms with Gasteiger partial charge >= 0.3 is 0 Å². The number of fused-ring (bicyclic) bond motifs is 2. The third-order valence-corrected chi connectivity index (χ3v) is 6.37. The Kier molecular flexibility index (Phi) is 6.94. The van der Waals surface area contributed by atoms with Gasteiger partial charge < -0.3 is 4.74 Å². The smallest absolute Gasteiger partial charge is 0.250 e. The molecule has 0 spiro atoms. The van der Waals surface area contributed by atoms with Gasteiger partial charge in [0.15, 0.2) is 0 Å². The first-order chi connectivity index (χ1) is 16.0. The number of rotatable bonds is 7. The quantitative estimate of drug-likeness (QED) is 0.211. The minimum Gasteiger partial charge on any atom is -0.493 e. The van der Waals surface area contributed by atoms with Crippen molar-refractivity contribution in [2.45, 2.75) is 32.6 Å². The van der Waals surface area contributed by atoms with Crippen LogP contribution in [0.4, 0.5) is 0 Å². The van der Waals surface area contributed by atoms with Gasteiger partial charge in [-0.25, -0.2) is 5.43 Å². The summed E-state index contributed by atoms with van der Waals surface area (Å²) in [6, 6.07) is 18.3. The van der Waals surface area contributed by atoms with E-state index in [0.717, 1.165) is 49.1 Å². The molecule has 3 aromatic carbocycles. The highest BCUT2D eigenvalue weighted by atomic mass is 32.2. The number of aromatic nitrogens is 1. The topological polar surface area (TPSA) is 63.6 Å². The van der Waals surface area contributed by atoms with Gasteiger partial charge in [-0.1, -0.05) is 42.0 Å². The average Bonchev–Trinajstić information content (AvgIpc) is 2.79. The summed E-state index contributed by atoms with van der Waals surface area (Å²) in [5.74, 6) is 0.839. The lowest BCUT2D eigenvalue weighted by atomic mass is 10.0. The van der Waals surface area contributed by atoms with Crippen LogP contribution in [0.3, 0.4) is 0 Å². The molecular weight excluding hydrogens is 430 g/mol. The summed E-state index contributed by atoms with van der Waals surface area (Å²) in [6.07, 6.45) is 1.66. The minimum atomic E-state index is -0.165. The van der Waals surface area contributed by atoms with E-state index in [2.05, 4.69) is 41.5 Å². The predicted octanol–water partition coefficient (Wildman–Crippen LogP) is 5.95. The maximum atomic E-state index is 12.5. The molecule has 0 atom stereocenters. The third kappa shape index (κ3) is 5.17. The zero-order valence-corrected chi connectivity index (χ0v) is 20.1. The second-order valence-corrected chi connectivity index (χ2v) is 8.97. The van der Waals surface area contributed by atoms with Crippen molar-refractivity contribution in [1.82, 2.24) is 10.4 Å². The number of benzene rings is 3. The Morgan fingerprint density at radius 1 is 1.09 bits per heavy atom. The van der Waals surface area contributed by atoms with Crippen LogP contribution in [0.25, 0.3) is 21.7 Å². The summed E-state index contributed by atoms with van der Waals surface area (Å²) in [7, 11) is 0. The number of aryl methyl sites for hydroxylation is 3. The molecule has 1 heterocycles. The number of carbonyl (C=O) groups excluding carboxylic acids is 1. The summed E-state index contributed by atoms with van der Waals surface area (Å²) in [5.41, 5.74) is 7.76. The van der Waals surface area contributed by atoms with Crippen LogP contribution in [0.5, 0.6) is 5.75 Å². The number of nitrogens with zero attached hydrogens (tertiary/aromatic N) is 2. The average molecular weight is 458 g/mol. The van der Waals surface area contributed by atoms with Gasteiger partial charge in [0, 0.05) is 21.5 Å². The lowest BCUT2D eigenvalue weighted by Gasteiger charge is -2.11. The van der Waals surface area contributed by atoms with Crippen molar-refractivity contribution >= 4 is 45.6 Å². The fraction of sp³-hybridized carbons (Fsp3) is 0.222. The van der Waals surface area contributed by atoms with E-state index < -0.39 is 0 Å². The van der Waals surface area contributed by atoms with Crippen molar-refractivity contribution in [3.05, 3.63) is 77.0 Å². The largest absolute Gasteiger partial charge is 0.493 e. The summed E-state index contributed by atoms with van der Waals surface area (Å²) < 4.78 is 5.77. The molecule has 4 rings (SSSR count). The van der Waals surface area contributed by atoms with Crippen LogP contribution < -0.4 is 10.2 Å². The number of nitrogens with one attached hydrogen (secondary N) is 1. The number of hydrogen-bond donors (Lipinski definition) is 1. The van der Waals surface area contributed by atoms with Gasteiger partial charge in [0.05, 0.1) is 24.1 Å². The fourth-order valence-electron chi connectivity index (χ4n) is 3.93. The second-order valence-electron chi connectivity index (χ2n) is 7.95. The Hall–Kier alpha value is -3.38. The number of pyridine rings is 1. The van der Waals surface area contributed by atoms with Crippen LogP contribution in [0.1, 0.15) is 29.3 Å². The van der Waals surface area contributed by atoms with Crippen molar-refractivity contribution in [2.24, 2.45) is 5.10 Å². The van der Waals surface area contributed by atoms with E-state index in [0.29, 0.717) is 6.61 Å². The van der Waals surface area contributed by atoms with Gasteiger partial charge in [0.25, 0.3) is 0 Å². The first-order valence-corrected chi connectivity index (χ1v) is 11.9. The molecule has 1 amide bonds. The Morgan fingerprint density at radius 2 is 1.91 bits per heavy atom. The van der Waals surface area contributed by atoms with Crippen LogP contribution in [0.2, 0.25) is 0 Å². The highest BCUT2D eigenvalue weighted by molar-refractivity contribution is 8.00. The minimum absolute atomic E-state index is 0.165. The van der Waals surface area contributed by atoms with E-state index in [1.807, 2.05) is 56.3 Å². The molecule has 6 heteroatoms. The molecule has 0 aliphatic rings. The molecule has 0 fully saturated rings. The number of hydrazone groups is 1. The summed E-state index contributed by atoms with van der Waals surface area (Å²) in [5, 5.41) is 7.43. The highest BCUT2D eigenvalue weighted by Crippen LogP contribution is 2.30. The Labute approximate surface area is 198 Å². The van der Waals surface area contributed by atoms with Crippen molar-refractivity contribution in [1.29, 1.82) is 0 Å². The van der Waals surface area contributed by atoms with Gasteiger partial charge in [-0.05, 0) is 62.2 Å². The Bertz CT molecular complexity index is 1360. The monoisotopic (exact) mass is 457 g/mol. The van der Waals surface area contributed by atoms with E-state index in [-0.39, 0.29) is 11.7 Å². The Morgan fingerprint density at radius 3 is 2.73 bits per heavy atom. The predicted molar refractivity (Wildman–Crippen MR) is 138 cm³/mol. The van der Waals surface area contributed by atoms with Crippen molar-refractivity contribution in [3.63, 3.8) is 0 Å². The van der Waals surface area contributed by atoms with Crippen LogP contribution in [0, 0.1) is 20.8 Å². The molecule has 1 aromatic heterocycles. The molecule has 0 unspecified atom stereocenters. The maximum Gasteiger partial charge on any atom is 0.250 e. The van der Waals surface area contributed by atoms with Gasteiger partial charge in [0.1, 0.15) is 5.75 Å². The van der Waals surface area contributed by atoms with Crippen molar-refractivity contribution < 1.29 is 9.53 Å². The number of ether oxygens (including phenoxy) is 1. The molecule has 4 aromatic rings. The number of amides is 1. The molecule has 0 saturated heterocycles. The molecule has 168 valence electrons. The van der Waals surface area contributed by atoms with Crippen molar-refractivity contribution in [3.8, 4) is 5.75 Å². The van der Waals surface area contributed by atoms with Gasteiger partial charge in [-0.2, -0.15) is 5.10 Å². The highest BCUT2D eigenvalue weighted by Gasteiger charge is 2.11. The lowest BCUT2D eigenvalue weighted by molar-refractivity contribution is -0.118. The Balaban J connectivity index is 1.50. The number of thioether (sulfide) groups is 1. The molecule has 0 radical (unpaired) electrons. The number of carbonyl (C=O) groups is 1. The van der Waals surface area contributed by atoms with Crippen LogP contribution in [-0.2, 0) is 4.79 Å². The van der Waals surface area contributed by atoms with E-state index in [4.69, 9.17) is 4.74 Å². The number of hydrogen-bond acceptors (Lipinski definition) is 5. The fourth-order valence-corrected chi connectivity index (χ4v) is 4.84. The molecule has 33 heavy (non-hydrogen) atoms. The van der Waals surface area contributed by atoms with Gasteiger partial charge in [0.2, 0.25) is 5.91 Å². The first kappa shape index (κ1) is 22.8. The van der Waals surface area contributed by atoms with Crippen molar-refractivity contribution in [2.75, 3.05) is 12.4 Å². The summed E-state index contributed by atoms with van der Waals surface area (Å²) in [4.78, 5) is 18.3. The van der Waals surface area contributed by atoms with Crippen LogP contribution in [-0.4, -0.2) is 29.5 Å². The first-order valence-electron chi connectivity index (χ1n) is 10.9. The molecule has 5 nitrogen and oxygen atoms in total. The lowest BCUT2D eigenvalue weighted by Crippen LogP contribution is -2.19. The van der Waals surface area contributed by atoms with E-state index in [1.165, 1.54) is 17.3 Å². The van der Waals surface area contributed by atoms with Gasteiger partial charge in [-0.3, -0.25) is 9.78 Å². The third-order valence-electron chi connectivity index (χ3n) is 5.31. The molecule has 0 bridgehead atoms. The normalized spacial score (nSPS) is 11.4. The molecular formula is C27H27N3O2S. The summed E-state index contributed by atoms with van der Waals surface area (Å²) >= 11 is 1.50. The molecule has 0 aliphatic carbocycles. The summed E-state index contributed by atoms with van der Waals surface area (Å²) in [6.45, 7) is 8.63. The van der Waals surface area contributed by atoms with E-state index in [1.54, 1.807) is 6.21 Å². The standard InChI is InChI=1S/C27H27N3O2S/c1-5-32-24-11-10-20-8-6-7-9-21(20)23(24)15-28-30-26(31)16-33-25-14-19(4)29-27-18(3)12-17(2)13-22(25)27/h6-15H,5,16H2,1-4H3,(H,30,31)/b28-15-. The molecule has 1 N–H and O–H groups in total. The van der Waals surface area contributed by atoms with Crippen LogP contribution >= 0.6 is 11.8 Å². The van der Waals surface area contributed by atoms with E-state index in [9.17, 15) is 4.79 Å². The second kappa shape index (κ2) is 10.0. The van der Waals surface area contributed by atoms with Gasteiger partial charge in [-0.15, -0.1) is 11.8 Å². The SMILES string of the molecule is CCOc1ccc2ccccc2c1/C=N\NC(=O)CSc1cc(C)nc2c(C)cc(C)cc12. The molecule has 0 saturated carbocycles. The van der Waals surface area contributed by atoms with Crippen LogP contribution in [0.15, 0.2) is 64.6 Å². The molecule has 0 aliphatic heterocycles. The zero-order chi connectivity index (χ0) is 23.4.